The van der Waals surface area contributed by atoms with Gasteiger partial charge in [0.2, 0.25) is 0 Å². The Morgan fingerprint density at radius 1 is 1.07 bits per heavy atom. The number of nitrogens with one attached hydrogen (secondary N) is 1. The smallest absolute Gasteiger partial charge is 0.387 e. The van der Waals surface area contributed by atoms with Gasteiger partial charge >= 0.3 is 6.61 Å². The Bertz CT molecular complexity index is 787. The summed E-state index contributed by atoms with van der Waals surface area (Å²) in [5.41, 5.74) is 7.46. The lowest BCUT2D eigenvalue weighted by Crippen LogP contribution is -2.23. The minimum Gasteiger partial charge on any atom is -0.493 e. The highest BCUT2D eigenvalue weighted by Crippen LogP contribution is 2.29. The second-order valence-corrected chi connectivity index (χ2v) is 6.20. The zero-order valence-corrected chi connectivity index (χ0v) is 18.9. The number of nitrogens with zero attached hydrogens (tertiary/aromatic N) is 1. The van der Waals surface area contributed by atoms with Gasteiger partial charge in [0.1, 0.15) is 5.75 Å². The number of hydrogen-bond donors (Lipinski definition) is 2. The van der Waals surface area contributed by atoms with Crippen LogP contribution in [-0.2, 0) is 6.42 Å². The molecule has 6 nitrogen and oxygen atoms in total. The molecule has 0 heterocycles. The van der Waals surface area contributed by atoms with Gasteiger partial charge in [-0.05, 0) is 62.2 Å². The van der Waals surface area contributed by atoms with Crippen LogP contribution in [0.1, 0.15) is 19.4 Å². The van der Waals surface area contributed by atoms with Crippen molar-refractivity contribution in [3.63, 3.8) is 0 Å². The number of aliphatic imine (C=N–C) groups is 1. The molecular formula is C20H26F2IN3O3. The van der Waals surface area contributed by atoms with E-state index in [1.807, 2.05) is 38.1 Å². The highest BCUT2D eigenvalue weighted by Gasteiger charge is 2.11. The molecular weight excluding hydrogens is 495 g/mol. The first kappa shape index (κ1) is 24.7. The third-order valence-corrected chi connectivity index (χ3v) is 3.63. The number of hydrogen-bond acceptors (Lipinski definition) is 4. The monoisotopic (exact) mass is 521 g/mol. The zero-order chi connectivity index (χ0) is 20.5. The van der Waals surface area contributed by atoms with Crippen molar-refractivity contribution in [2.75, 3.05) is 19.0 Å². The van der Waals surface area contributed by atoms with Crippen LogP contribution in [0.2, 0.25) is 0 Å². The minimum absolute atomic E-state index is 0. The molecule has 0 saturated heterocycles. The Balaban J connectivity index is 0.00000420. The molecule has 9 heteroatoms. The van der Waals surface area contributed by atoms with Crippen LogP contribution in [0.3, 0.4) is 0 Å². The first-order valence-corrected chi connectivity index (χ1v) is 8.82. The third-order valence-electron chi connectivity index (χ3n) is 3.63. The van der Waals surface area contributed by atoms with E-state index in [9.17, 15) is 8.78 Å². The fourth-order valence-corrected chi connectivity index (χ4v) is 2.45. The molecule has 0 atom stereocenters. The number of guanidine groups is 1. The van der Waals surface area contributed by atoms with Crippen molar-refractivity contribution in [1.29, 1.82) is 0 Å². The number of nitrogens with two attached hydrogens (primary N) is 1. The largest absolute Gasteiger partial charge is 0.493 e. The molecule has 0 aromatic heterocycles. The maximum atomic E-state index is 12.5. The average Bonchev–Trinajstić information content (AvgIpc) is 2.63. The van der Waals surface area contributed by atoms with Crippen molar-refractivity contribution in [3.8, 4) is 17.2 Å². The van der Waals surface area contributed by atoms with Crippen LogP contribution in [0.25, 0.3) is 0 Å². The number of rotatable bonds is 9. The molecule has 0 aliphatic rings. The molecule has 0 radical (unpaired) electrons. The number of alkyl halides is 2. The molecule has 0 saturated carbocycles. The van der Waals surface area contributed by atoms with Crippen LogP contribution in [0.15, 0.2) is 47.5 Å². The van der Waals surface area contributed by atoms with Crippen molar-refractivity contribution in [2.24, 2.45) is 10.7 Å². The maximum absolute atomic E-state index is 12.5. The molecule has 0 unspecified atom stereocenters. The van der Waals surface area contributed by atoms with E-state index >= 15 is 0 Å². The normalized spacial score (nSPS) is 11.2. The molecule has 29 heavy (non-hydrogen) atoms. The fourth-order valence-electron chi connectivity index (χ4n) is 2.45. The second kappa shape index (κ2) is 12.3. The Labute approximate surface area is 186 Å². The van der Waals surface area contributed by atoms with Crippen LogP contribution in [-0.4, -0.2) is 32.3 Å². The van der Waals surface area contributed by atoms with E-state index in [0.29, 0.717) is 13.0 Å². The lowest BCUT2D eigenvalue weighted by atomic mass is 10.1. The number of halogens is 3. The van der Waals surface area contributed by atoms with Gasteiger partial charge in [0.05, 0.1) is 13.2 Å². The summed E-state index contributed by atoms with van der Waals surface area (Å²) in [6.07, 6.45) is 0.614. The standard InChI is InChI=1S/C20H25F2N3O3.HI/c1-13(2)27-16-7-5-15(6-8-16)25-20(23)24-11-10-14-4-9-17(26-3)18(12-14)28-19(21)22;/h4-9,12-13,19H,10-11H2,1-3H3,(H3,23,24,25);1H. The molecule has 0 spiro atoms. The summed E-state index contributed by atoms with van der Waals surface area (Å²) in [4.78, 5) is 4.25. The molecule has 160 valence electrons. The maximum Gasteiger partial charge on any atom is 0.387 e. The summed E-state index contributed by atoms with van der Waals surface area (Å²) in [5, 5.41) is 2.99. The quantitative estimate of drug-likeness (QED) is 0.285. The number of methoxy groups -OCH3 is 1. The second-order valence-electron chi connectivity index (χ2n) is 6.20. The van der Waals surface area contributed by atoms with E-state index in [1.165, 1.54) is 13.2 Å². The summed E-state index contributed by atoms with van der Waals surface area (Å²) in [6, 6.07) is 12.2. The summed E-state index contributed by atoms with van der Waals surface area (Å²) in [7, 11) is 1.39. The summed E-state index contributed by atoms with van der Waals surface area (Å²) < 4.78 is 40.0. The van der Waals surface area contributed by atoms with Gasteiger partial charge in [-0.25, -0.2) is 0 Å². The van der Waals surface area contributed by atoms with E-state index in [2.05, 4.69) is 15.0 Å². The SMILES string of the molecule is COc1ccc(CCN=C(N)Nc2ccc(OC(C)C)cc2)cc1OC(F)F.I. The molecule has 0 aliphatic heterocycles. The first-order chi connectivity index (χ1) is 13.4. The molecule has 0 bridgehead atoms. The van der Waals surface area contributed by atoms with Gasteiger partial charge in [-0.15, -0.1) is 24.0 Å². The average molecular weight is 521 g/mol. The lowest BCUT2D eigenvalue weighted by molar-refractivity contribution is -0.0512. The van der Waals surface area contributed by atoms with Gasteiger partial charge in [-0.3, -0.25) is 4.99 Å². The molecule has 0 fully saturated rings. The van der Waals surface area contributed by atoms with E-state index in [-0.39, 0.29) is 47.5 Å². The molecule has 0 aliphatic carbocycles. The van der Waals surface area contributed by atoms with Crippen LogP contribution in [0, 0.1) is 0 Å². The van der Waals surface area contributed by atoms with Gasteiger partial charge in [0, 0.05) is 12.2 Å². The van der Waals surface area contributed by atoms with Gasteiger partial charge in [0.15, 0.2) is 17.5 Å². The van der Waals surface area contributed by atoms with E-state index < -0.39 is 6.61 Å². The Morgan fingerprint density at radius 2 is 1.76 bits per heavy atom. The van der Waals surface area contributed by atoms with Crippen molar-refractivity contribution in [2.45, 2.75) is 33.0 Å². The van der Waals surface area contributed by atoms with Crippen LogP contribution >= 0.6 is 24.0 Å². The summed E-state index contributed by atoms with van der Waals surface area (Å²) >= 11 is 0. The van der Waals surface area contributed by atoms with Crippen LogP contribution in [0.5, 0.6) is 17.2 Å². The molecule has 3 N–H and O–H groups in total. The molecule has 2 aromatic carbocycles. The van der Waals surface area contributed by atoms with Gasteiger partial charge < -0.3 is 25.3 Å². The zero-order valence-electron chi connectivity index (χ0n) is 16.5. The van der Waals surface area contributed by atoms with Gasteiger partial charge in [-0.2, -0.15) is 8.78 Å². The fraction of sp³-hybridized carbons (Fsp3) is 0.350. The van der Waals surface area contributed by atoms with E-state index in [4.69, 9.17) is 15.2 Å². The third kappa shape index (κ3) is 8.71. The van der Waals surface area contributed by atoms with Crippen LogP contribution < -0.4 is 25.3 Å². The van der Waals surface area contributed by atoms with Crippen molar-refractivity contribution in [1.82, 2.24) is 0 Å². The topological polar surface area (TPSA) is 78.1 Å². The Hall–Kier alpha value is -2.30. The molecule has 0 amide bonds. The highest BCUT2D eigenvalue weighted by molar-refractivity contribution is 14.0. The van der Waals surface area contributed by atoms with Crippen molar-refractivity contribution >= 4 is 35.6 Å². The predicted octanol–water partition coefficient (Wildman–Crippen LogP) is 4.67. The predicted molar refractivity (Wildman–Crippen MR) is 121 cm³/mol. The number of benzene rings is 2. The van der Waals surface area contributed by atoms with Crippen molar-refractivity contribution in [3.05, 3.63) is 48.0 Å². The highest BCUT2D eigenvalue weighted by atomic mass is 127. The Kier molecular flexibility index (Phi) is 10.5. The summed E-state index contributed by atoms with van der Waals surface area (Å²) in [6.45, 7) is 1.39. The molecule has 2 aromatic rings. The number of anilines is 1. The summed E-state index contributed by atoms with van der Waals surface area (Å²) in [5.74, 6) is 1.28. The van der Waals surface area contributed by atoms with Crippen molar-refractivity contribution < 1.29 is 23.0 Å². The molecule has 2 rings (SSSR count). The van der Waals surface area contributed by atoms with E-state index in [1.54, 1.807) is 12.1 Å². The van der Waals surface area contributed by atoms with Gasteiger partial charge in [0.25, 0.3) is 0 Å². The van der Waals surface area contributed by atoms with Gasteiger partial charge in [-0.1, -0.05) is 6.07 Å². The number of ether oxygens (including phenoxy) is 3. The minimum atomic E-state index is -2.92. The Morgan fingerprint density at radius 3 is 2.34 bits per heavy atom. The van der Waals surface area contributed by atoms with E-state index in [0.717, 1.165) is 17.0 Å². The first-order valence-electron chi connectivity index (χ1n) is 8.82. The lowest BCUT2D eigenvalue weighted by Gasteiger charge is -2.11. The van der Waals surface area contributed by atoms with Crippen LogP contribution in [0.4, 0.5) is 14.5 Å².